The molecule has 518 valence electrons. The molecule has 10 N–H and O–H groups in total. The number of carbonyl (C=O) groups excluding carboxylic acids is 10. The minimum absolute atomic E-state index is 0.0270. The van der Waals surface area contributed by atoms with Crippen LogP contribution in [0.1, 0.15) is 111 Å². The summed E-state index contributed by atoms with van der Waals surface area (Å²) in [6.45, 7) is 8.03. The topological polar surface area (TPSA) is 378 Å². The summed E-state index contributed by atoms with van der Waals surface area (Å²) in [6.07, 6.45) is 7.74. The van der Waals surface area contributed by atoms with E-state index in [1.54, 1.807) is 66.4 Å². The van der Waals surface area contributed by atoms with E-state index in [0.717, 1.165) is 32.5 Å². The van der Waals surface area contributed by atoms with Gasteiger partial charge in [-0.05, 0) is 105 Å². The summed E-state index contributed by atoms with van der Waals surface area (Å²) < 4.78 is 29.0. The first kappa shape index (κ1) is 69.7. The van der Waals surface area contributed by atoms with Crippen LogP contribution in [0.15, 0.2) is 60.9 Å². The number of ether oxygens (including phenoxy) is 2. The van der Waals surface area contributed by atoms with Crippen molar-refractivity contribution in [3.63, 3.8) is 0 Å². The van der Waals surface area contributed by atoms with Crippen molar-refractivity contribution in [3.8, 4) is 11.5 Å². The highest BCUT2D eigenvalue weighted by atomic mass is 35.5. The van der Waals surface area contributed by atoms with Crippen molar-refractivity contribution in [3.05, 3.63) is 88.8 Å². The molecule has 3 aliphatic heterocycles. The molecule has 3 aliphatic carbocycles. The molecule has 5 heterocycles. The van der Waals surface area contributed by atoms with E-state index >= 15 is 4.79 Å². The number of fused-ring (bicyclic) bond motifs is 6. The van der Waals surface area contributed by atoms with Crippen LogP contribution in [0.25, 0.3) is 21.8 Å². The number of nitrogens with one attached hydrogen (secondary N) is 6. The Balaban J connectivity index is 0.671. The van der Waals surface area contributed by atoms with Crippen molar-refractivity contribution in [2.45, 2.75) is 116 Å². The second-order valence-electron chi connectivity index (χ2n) is 26.7. The van der Waals surface area contributed by atoms with Gasteiger partial charge < -0.3 is 70.6 Å². The van der Waals surface area contributed by atoms with Crippen molar-refractivity contribution in [1.82, 2.24) is 40.6 Å². The van der Waals surface area contributed by atoms with Gasteiger partial charge in [0.1, 0.15) is 18.7 Å². The number of H-pyrrole nitrogens is 2. The van der Waals surface area contributed by atoms with Crippen molar-refractivity contribution < 1.29 is 76.3 Å². The Hall–Kier alpha value is -8.69. The van der Waals surface area contributed by atoms with Crippen molar-refractivity contribution in [1.29, 1.82) is 0 Å². The molecule has 31 heteroatoms. The SMILES string of the molecule is Cc1c[nH]c2c(OC(=O)N(C)CCN(C)C(=O)OCc3ccc(NC(=O)[C@H](CCCNC(N)=O)NC(=O)C(NC(=O)CCCCCN4C(=O)C=CC4=O)C(C)C)cc3)cc3c(c12)[C@H](CCl)CN3C(=O)C12CC3(C(=O)N4C[C@@H](CCl)c5c4cc(OP(=O)(O)O)c4[nH]cc(C)c54)CC13C2. The molecule has 3 saturated carbocycles. The van der Waals surface area contributed by atoms with Gasteiger partial charge in [0.05, 0.1) is 33.2 Å². The van der Waals surface area contributed by atoms with E-state index in [1.165, 1.54) is 42.1 Å². The van der Waals surface area contributed by atoms with Gasteiger partial charge in [0.2, 0.25) is 29.5 Å². The summed E-state index contributed by atoms with van der Waals surface area (Å²) in [6, 6.07) is 6.76. The molecule has 3 aromatic carbocycles. The number of hydrogen-bond donors (Lipinski definition) is 9. The zero-order chi connectivity index (χ0) is 69.8. The molecule has 1 spiro atoms. The number of phosphoric acid groups is 1. The molecule has 28 nitrogen and oxygen atoms in total. The number of amides is 11. The second-order valence-corrected chi connectivity index (χ2v) is 28.4. The first-order valence-electron chi connectivity index (χ1n) is 32.2. The number of unbranched alkanes of at least 4 members (excludes halogenated alkanes) is 2. The second kappa shape index (κ2) is 27.3. The number of benzene rings is 3. The molecular weight excluding hydrogens is 1320 g/mol. The van der Waals surface area contributed by atoms with E-state index in [4.69, 9.17) is 42.9 Å². The Bertz CT molecular complexity index is 4120. The number of nitrogens with two attached hydrogens (primary N) is 1. The van der Waals surface area contributed by atoms with Crippen LogP contribution in [0.3, 0.4) is 0 Å². The van der Waals surface area contributed by atoms with Crippen molar-refractivity contribution in [2.24, 2.45) is 27.9 Å². The number of alkyl halides is 2. The predicted octanol–water partition coefficient (Wildman–Crippen LogP) is 7.14. The first-order chi connectivity index (χ1) is 46.1. The van der Waals surface area contributed by atoms with Gasteiger partial charge in [-0.3, -0.25) is 48.2 Å². The van der Waals surface area contributed by atoms with E-state index in [-0.39, 0.29) is 136 Å². The van der Waals surface area contributed by atoms with E-state index < -0.39 is 66.2 Å². The number of likely N-dealkylation sites (N-methyl/N-ethyl adjacent to an activating group) is 2. The highest BCUT2D eigenvalue weighted by Gasteiger charge is 3.01. The third kappa shape index (κ3) is 13.3. The molecule has 97 heavy (non-hydrogen) atoms. The van der Waals surface area contributed by atoms with Gasteiger partial charge in [-0.1, -0.05) is 32.4 Å². The van der Waals surface area contributed by atoms with Crippen molar-refractivity contribution in [2.75, 3.05) is 80.2 Å². The largest absolute Gasteiger partial charge is 0.524 e. The number of aromatic nitrogens is 2. The maximum atomic E-state index is 15.2. The normalized spacial score (nSPS) is 21.5. The van der Waals surface area contributed by atoms with E-state index in [0.29, 0.717) is 77.6 Å². The summed E-state index contributed by atoms with van der Waals surface area (Å²) in [5.41, 5.74) is 9.14. The number of nitrogens with zero attached hydrogens (tertiary/aromatic N) is 5. The van der Waals surface area contributed by atoms with E-state index in [2.05, 4.69) is 31.2 Å². The number of aromatic amines is 2. The van der Waals surface area contributed by atoms with Crippen LogP contribution in [0.4, 0.5) is 31.4 Å². The Morgan fingerprint density at radius 2 is 1.31 bits per heavy atom. The van der Waals surface area contributed by atoms with Gasteiger partial charge in [-0.15, -0.1) is 23.2 Å². The third-order valence-corrected chi connectivity index (χ3v) is 21.2. The minimum atomic E-state index is -5.00. The number of halogens is 2. The van der Waals surface area contributed by atoms with Gasteiger partial charge in [0.15, 0.2) is 11.5 Å². The predicted molar refractivity (Wildman–Crippen MR) is 358 cm³/mol. The Morgan fingerprint density at radius 1 is 0.753 bits per heavy atom. The zero-order valence-corrected chi connectivity index (χ0v) is 56.9. The van der Waals surface area contributed by atoms with Crippen molar-refractivity contribution >= 4 is 129 Å². The molecule has 7 atom stereocenters. The number of phosphoric ester groups is 1. The fourth-order valence-electron chi connectivity index (χ4n) is 14.9. The van der Waals surface area contributed by atoms with E-state index in [9.17, 15) is 57.5 Å². The molecule has 4 unspecified atom stereocenters. The lowest BCUT2D eigenvalue weighted by molar-refractivity contribution is -0.137. The average molecular weight is 1400 g/mol. The maximum absolute atomic E-state index is 15.2. The molecule has 6 aliphatic rings. The van der Waals surface area contributed by atoms with Gasteiger partial charge >= 0.3 is 26.0 Å². The number of hydrogen-bond acceptors (Lipinski definition) is 14. The number of imide groups is 1. The standard InChI is InChI=1S/C66H79Cl2N12O16P/c1-35(2)54(75-47(81)12-8-7-9-20-78-48(82)17-18-49(78)83)58(85)74-42(11-10-19-70-61(69)88)57(84)73-41-15-13-38(14-16-41)31-94-62(89)76(5)21-22-77(6)63(90)95-45-23-43-52(50-36(3)27-71-55(45)50)39(25-67)29-79(43)59(86)64-32-65(34-66(64,65)33-64)60(87)80-30-40(26-68)53-44(80)24-46(96-97(91,92)93)56-51(53)37(4)28-72-56/h13-18,23-24,27-28,35,39-40,42,54,71-72H,7-12,19-22,25-26,29-34H2,1-6H3,(H,73,84)(H,74,85)(H,75,81)(H3,69,70,88)(H2,91,92,93)/t39-,40-,42+,54?,64?,65?,66?/m1/s1. The van der Waals surface area contributed by atoms with Crippen LogP contribution in [-0.4, -0.2) is 171 Å². The summed E-state index contributed by atoms with van der Waals surface area (Å²) >= 11 is 13.2. The minimum Gasteiger partial charge on any atom is -0.445 e. The highest BCUT2D eigenvalue weighted by molar-refractivity contribution is 7.46. The van der Waals surface area contributed by atoms with Crippen LogP contribution in [0, 0.1) is 36.0 Å². The van der Waals surface area contributed by atoms with Gasteiger partial charge in [0.25, 0.3) is 11.8 Å². The third-order valence-electron chi connectivity index (χ3n) is 20.0. The van der Waals surface area contributed by atoms with Crippen LogP contribution in [0.5, 0.6) is 11.5 Å². The van der Waals surface area contributed by atoms with Crippen LogP contribution in [-0.2, 0) is 49.5 Å². The lowest BCUT2D eigenvalue weighted by atomic mass is 9.72. The van der Waals surface area contributed by atoms with Gasteiger partial charge in [0, 0.05) is 142 Å². The Kier molecular flexibility index (Phi) is 19.6. The Labute approximate surface area is 568 Å². The van der Waals surface area contributed by atoms with Gasteiger partial charge in [-0.2, -0.15) is 0 Å². The molecule has 11 amide bonds. The molecule has 0 radical (unpaired) electrons. The number of anilines is 3. The highest BCUT2D eigenvalue weighted by Crippen LogP contribution is 3.01. The van der Waals surface area contributed by atoms with Crippen LogP contribution >= 0.6 is 31.0 Å². The molecular formula is C66H79Cl2N12O16P. The maximum Gasteiger partial charge on any atom is 0.524 e. The summed E-state index contributed by atoms with van der Waals surface area (Å²) in [7, 11) is -1.97. The zero-order valence-electron chi connectivity index (χ0n) is 54.5. The van der Waals surface area contributed by atoms with E-state index in [1.807, 2.05) is 13.8 Å². The summed E-state index contributed by atoms with van der Waals surface area (Å²) in [4.78, 5) is 166. The fourth-order valence-corrected chi connectivity index (χ4v) is 15.8. The lowest BCUT2D eigenvalue weighted by Gasteiger charge is -2.37. The quantitative estimate of drug-likeness (QED) is 0.0104. The molecule has 2 aromatic heterocycles. The molecule has 0 bridgehead atoms. The monoisotopic (exact) mass is 1400 g/mol. The number of carbonyl (C=O) groups is 10. The fraction of sp³-hybridized carbons (Fsp3) is 0.485. The number of primary amides is 1. The van der Waals surface area contributed by atoms with Crippen LogP contribution < -0.4 is 46.1 Å². The smallest absolute Gasteiger partial charge is 0.445 e. The first-order valence-corrected chi connectivity index (χ1v) is 34.8. The molecule has 5 aromatic rings. The average Bonchev–Trinajstić information content (AvgIpc) is 1.40. The summed E-state index contributed by atoms with van der Waals surface area (Å²) in [5.74, 6) is -3.09. The number of aryl methyl sites for hydroxylation is 2. The summed E-state index contributed by atoms with van der Waals surface area (Å²) in [5, 5.41) is 12.2. The molecule has 0 saturated heterocycles. The molecule has 3 fully saturated rings. The lowest BCUT2D eigenvalue weighted by Crippen LogP contribution is -2.54. The number of urea groups is 1. The van der Waals surface area contributed by atoms with Crippen LogP contribution in [0.2, 0.25) is 0 Å². The number of rotatable bonds is 28. The molecule has 11 rings (SSSR count). The van der Waals surface area contributed by atoms with Gasteiger partial charge in [-0.25, -0.2) is 18.9 Å². The Morgan fingerprint density at radius 3 is 1.85 bits per heavy atom.